The van der Waals surface area contributed by atoms with Crippen molar-refractivity contribution in [3.05, 3.63) is 35.9 Å². The van der Waals surface area contributed by atoms with Gasteiger partial charge >= 0.3 is 0 Å². The molecule has 2 saturated carbocycles. The van der Waals surface area contributed by atoms with E-state index in [9.17, 15) is 19.5 Å². The summed E-state index contributed by atoms with van der Waals surface area (Å²) in [5, 5.41) is 11.6. The molecule has 0 radical (unpaired) electrons. The number of carboxylic acid groups (broad SMARTS) is 1. The number of carboxylic acids is 1. The number of fused-ring (bicyclic) bond motifs is 5. The van der Waals surface area contributed by atoms with Gasteiger partial charge in [0.15, 0.2) is 0 Å². The van der Waals surface area contributed by atoms with Crippen molar-refractivity contribution in [2.75, 3.05) is 0 Å². The third-order valence-electron chi connectivity index (χ3n) is 5.82. The SMILES string of the molecule is O=C([O-])[C@H](Cc1ccccc1)N1C(=O)[C@@H]2[C@@H]3CC[C@@H](C3)[C@@H]2C1=O. The number of hydrogen-bond donors (Lipinski definition) is 0. The zero-order valence-corrected chi connectivity index (χ0v) is 12.7. The third kappa shape index (κ3) is 2.10. The van der Waals surface area contributed by atoms with Crippen molar-refractivity contribution in [1.82, 2.24) is 4.90 Å². The van der Waals surface area contributed by atoms with Crippen LogP contribution >= 0.6 is 0 Å². The lowest BCUT2D eigenvalue weighted by atomic mass is 9.81. The molecule has 1 aromatic rings. The minimum Gasteiger partial charge on any atom is -0.548 e. The van der Waals surface area contributed by atoms with E-state index in [-0.39, 0.29) is 41.9 Å². The number of benzene rings is 1. The Bertz CT molecular complexity index is 643. The first-order valence-electron chi connectivity index (χ1n) is 8.19. The lowest BCUT2D eigenvalue weighted by Crippen LogP contribution is -2.52. The number of rotatable bonds is 4. The molecule has 2 bridgehead atoms. The van der Waals surface area contributed by atoms with E-state index in [2.05, 4.69) is 0 Å². The van der Waals surface area contributed by atoms with Crippen molar-refractivity contribution in [2.45, 2.75) is 31.7 Å². The Kier molecular flexibility index (Phi) is 3.25. The summed E-state index contributed by atoms with van der Waals surface area (Å²) in [6.45, 7) is 0. The Balaban J connectivity index is 1.63. The van der Waals surface area contributed by atoms with E-state index in [1.165, 1.54) is 0 Å². The fraction of sp³-hybridized carbons (Fsp3) is 0.500. The van der Waals surface area contributed by atoms with Crippen molar-refractivity contribution in [3.63, 3.8) is 0 Å². The highest BCUT2D eigenvalue weighted by atomic mass is 16.4. The quantitative estimate of drug-likeness (QED) is 0.753. The van der Waals surface area contributed by atoms with Gasteiger partial charge in [-0.3, -0.25) is 14.5 Å². The molecule has 5 heteroatoms. The molecule has 5 atom stereocenters. The highest BCUT2D eigenvalue weighted by Gasteiger charge is 2.61. The van der Waals surface area contributed by atoms with Crippen LogP contribution in [0.3, 0.4) is 0 Å². The summed E-state index contributed by atoms with van der Waals surface area (Å²) in [7, 11) is 0. The van der Waals surface area contributed by atoms with E-state index >= 15 is 0 Å². The number of imide groups is 1. The number of nitrogens with zero attached hydrogens (tertiary/aromatic N) is 1. The van der Waals surface area contributed by atoms with Gasteiger partial charge in [0.25, 0.3) is 0 Å². The maximum atomic E-state index is 12.7. The van der Waals surface area contributed by atoms with Crippen LogP contribution in [0.2, 0.25) is 0 Å². The molecule has 1 aliphatic heterocycles. The van der Waals surface area contributed by atoms with Crippen LogP contribution in [0.15, 0.2) is 30.3 Å². The van der Waals surface area contributed by atoms with Gasteiger partial charge in [0.1, 0.15) is 0 Å². The Hall–Kier alpha value is -2.17. The third-order valence-corrected chi connectivity index (χ3v) is 5.82. The van der Waals surface area contributed by atoms with Crippen LogP contribution in [-0.2, 0) is 20.8 Å². The summed E-state index contributed by atoms with van der Waals surface area (Å²) in [5.41, 5.74) is 0.780. The van der Waals surface area contributed by atoms with Crippen molar-refractivity contribution in [1.29, 1.82) is 0 Å². The van der Waals surface area contributed by atoms with E-state index in [1.807, 2.05) is 18.2 Å². The predicted molar refractivity (Wildman–Crippen MR) is 78.6 cm³/mol. The topological polar surface area (TPSA) is 77.5 Å². The van der Waals surface area contributed by atoms with Gasteiger partial charge in [-0.05, 0) is 43.1 Å². The average molecular weight is 312 g/mol. The normalized spacial score (nSPS) is 33.1. The Morgan fingerprint density at radius 2 is 1.65 bits per heavy atom. The standard InChI is InChI=1S/C18H19NO4/c20-16-14-11-6-7-12(9-11)15(14)17(21)19(16)13(18(22)23)8-10-4-2-1-3-5-10/h1-5,11-15H,6-9H2,(H,22,23)/p-1/t11-,12+,13-,14-,15+/m0/s1. The van der Waals surface area contributed by atoms with Gasteiger partial charge < -0.3 is 9.90 Å². The maximum absolute atomic E-state index is 12.7. The van der Waals surface area contributed by atoms with Crippen LogP contribution in [0, 0.1) is 23.7 Å². The van der Waals surface area contributed by atoms with Crippen LogP contribution in [0.25, 0.3) is 0 Å². The van der Waals surface area contributed by atoms with Crippen molar-refractivity contribution < 1.29 is 19.5 Å². The number of carbonyl (C=O) groups excluding carboxylic acids is 3. The van der Waals surface area contributed by atoms with Crippen LogP contribution in [0.4, 0.5) is 0 Å². The zero-order chi connectivity index (χ0) is 16.1. The fourth-order valence-corrected chi connectivity index (χ4v) is 4.86. The lowest BCUT2D eigenvalue weighted by molar-refractivity contribution is -0.310. The van der Waals surface area contributed by atoms with Gasteiger partial charge in [-0.15, -0.1) is 0 Å². The second-order valence-electron chi connectivity index (χ2n) is 6.96. The number of aliphatic carboxylic acids is 1. The summed E-state index contributed by atoms with van der Waals surface area (Å²) < 4.78 is 0. The summed E-state index contributed by atoms with van der Waals surface area (Å²) in [5.74, 6) is -2.02. The van der Waals surface area contributed by atoms with Crippen LogP contribution in [0.5, 0.6) is 0 Å². The second-order valence-corrected chi connectivity index (χ2v) is 6.96. The molecule has 0 spiro atoms. The maximum Gasteiger partial charge on any atom is 0.234 e. The van der Waals surface area contributed by atoms with Crippen molar-refractivity contribution >= 4 is 17.8 Å². The smallest absolute Gasteiger partial charge is 0.234 e. The molecule has 2 aliphatic carbocycles. The van der Waals surface area contributed by atoms with Gasteiger partial charge in [0, 0.05) is 0 Å². The molecule has 4 rings (SSSR count). The highest BCUT2D eigenvalue weighted by molar-refractivity contribution is 6.08. The predicted octanol–water partition coefficient (Wildman–Crippen LogP) is 0.379. The first kappa shape index (κ1) is 14.4. The summed E-state index contributed by atoms with van der Waals surface area (Å²) >= 11 is 0. The average Bonchev–Trinajstić information content (AvgIpc) is 3.21. The zero-order valence-electron chi connectivity index (χ0n) is 12.7. The van der Waals surface area contributed by atoms with Gasteiger partial charge in [0.2, 0.25) is 11.8 Å². The Labute approximate surface area is 134 Å². The van der Waals surface area contributed by atoms with E-state index in [1.54, 1.807) is 12.1 Å². The number of hydrogen-bond acceptors (Lipinski definition) is 4. The molecule has 23 heavy (non-hydrogen) atoms. The summed E-state index contributed by atoms with van der Waals surface area (Å²) in [6.07, 6.45) is 3.01. The minimum absolute atomic E-state index is 0.107. The van der Waals surface area contributed by atoms with E-state index < -0.39 is 12.0 Å². The molecule has 0 aromatic heterocycles. The Morgan fingerprint density at radius 3 is 2.17 bits per heavy atom. The minimum atomic E-state index is -1.36. The van der Waals surface area contributed by atoms with Crippen LogP contribution < -0.4 is 5.11 Å². The van der Waals surface area contributed by atoms with E-state index in [0.29, 0.717) is 0 Å². The molecule has 3 aliphatic rings. The monoisotopic (exact) mass is 312 g/mol. The van der Waals surface area contributed by atoms with E-state index in [4.69, 9.17) is 0 Å². The summed E-state index contributed by atoms with van der Waals surface area (Å²) in [6, 6.07) is 7.85. The second kappa shape index (κ2) is 5.18. The Morgan fingerprint density at radius 1 is 1.09 bits per heavy atom. The molecular weight excluding hydrogens is 294 g/mol. The molecule has 120 valence electrons. The number of amides is 2. The number of likely N-dealkylation sites (tertiary alicyclic amines) is 1. The largest absolute Gasteiger partial charge is 0.548 e. The molecule has 0 N–H and O–H groups in total. The molecule has 1 heterocycles. The molecule has 1 saturated heterocycles. The van der Waals surface area contributed by atoms with Crippen LogP contribution in [-0.4, -0.2) is 28.7 Å². The first-order valence-corrected chi connectivity index (χ1v) is 8.19. The van der Waals surface area contributed by atoms with Crippen molar-refractivity contribution in [3.8, 4) is 0 Å². The number of carbonyl (C=O) groups is 3. The molecule has 1 aromatic carbocycles. The molecule has 3 fully saturated rings. The van der Waals surface area contributed by atoms with Gasteiger partial charge in [-0.1, -0.05) is 30.3 Å². The van der Waals surface area contributed by atoms with Gasteiger partial charge in [0.05, 0.1) is 23.8 Å². The first-order chi connectivity index (χ1) is 11.1. The van der Waals surface area contributed by atoms with Gasteiger partial charge in [-0.2, -0.15) is 0 Å². The molecule has 5 nitrogen and oxygen atoms in total. The summed E-state index contributed by atoms with van der Waals surface area (Å²) in [4.78, 5) is 38.1. The molecule has 0 unspecified atom stereocenters. The fourth-order valence-electron chi connectivity index (χ4n) is 4.86. The van der Waals surface area contributed by atoms with Crippen molar-refractivity contribution in [2.24, 2.45) is 23.7 Å². The van der Waals surface area contributed by atoms with Crippen LogP contribution in [0.1, 0.15) is 24.8 Å². The highest BCUT2D eigenvalue weighted by Crippen LogP contribution is 2.56. The molecular formula is C18H18NO4-. The lowest BCUT2D eigenvalue weighted by Gasteiger charge is -2.28. The van der Waals surface area contributed by atoms with Gasteiger partial charge in [-0.25, -0.2) is 0 Å². The molecule has 2 amide bonds. The van der Waals surface area contributed by atoms with E-state index in [0.717, 1.165) is 29.7 Å².